The molecule has 1 nitrogen and oxygen atoms in total. The van der Waals surface area contributed by atoms with E-state index in [4.69, 9.17) is 0 Å². The van der Waals surface area contributed by atoms with Crippen molar-refractivity contribution in [3.05, 3.63) is 65.8 Å². The highest BCUT2D eigenvalue weighted by Crippen LogP contribution is 2.29. The maximum Gasteiger partial charge on any atom is 0.0429 e. The zero-order valence-electron chi connectivity index (χ0n) is 10.8. The summed E-state index contributed by atoms with van der Waals surface area (Å²) in [5.41, 5.74) is 4.35. The van der Waals surface area contributed by atoms with Gasteiger partial charge in [-0.1, -0.05) is 49.4 Å². The standard InChI is InChI=1S/C17H19N/c1-14-6-5-7-15-10-11-18(13-16(15)12-14)17-8-3-2-4-9-17/h2-9,12,14H,10-11,13H2,1H3. The zero-order chi connectivity index (χ0) is 12.4. The van der Waals surface area contributed by atoms with Gasteiger partial charge in [-0.25, -0.2) is 0 Å². The molecule has 0 spiro atoms. The summed E-state index contributed by atoms with van der Waals surface area (Å²) in [6.07, 6.45) is 10.3. The molecule has 3 rings (SSSR count). The van der Waals surface area contributed by atoms with Crippen LogP contribution in [-0.2, 0) is 0 Å². The molecule has 0 aromatic heterocycles. The number of hydrogen-bond acceptors (Lipinski definition) is 1. The van der Waals surface area contributed by atoms with E-state index in [0.717, 1.165) is 19.5 Å². The summed E-state index contributed by atoms with van der Waals surface area (Å²) in [6.45, 7) is 4.42. The maximum absolute atomic E-state index is 2.47. The first-order valence-electron chi connectivity index (χ1n) is 6.71. The van der Waals surface area contributed by atoms with E-state index >= 15 is 0 Å². The number of fused-ring (bicyclic) bond motifs is 1. The molecule has 1 unspecified atom stereocenters. The van der Waals surface area contributed by atoms with Crippen LogP contribution in [0.15, 0.2) is 65.8 Å². The minimum absolute atomic E-state index is 0.546. The first kappa shape index (κ1) is 11.3. The minimum Gasteiger partial charge on any atom is -0.367 e. The van der Waals surface area contributed by atoms with Crippen LogP contribution < -0.4 is 4.90 Å². The predicted octanol–water partition coefficient (Wildman–Crippen LogP) is 3.96. The molecule has 1 aromatic carbocycles. The summed E-state index contributed by atoms with van der Waals surface area (Å²) in [7, 11) is 0. The third kappa shape index (κ3) is 2.26. The summed E-state index contributed by atoms with van der Waals surface area (Å²) in [6, 6.07) is 10.7. The molecule has 0 radical (unpaired) electrons. The molecular weight excluding hydrogens is 218 g/mol. The SMILES string of the molecule is CC1C=CC=C2CCN(c3ccccc3)CC2=C1. The molecular formula is C17H19N. The normalized spacial score (nSPS) is 22.9. The Morgan fingerprint density at radius 2 is 1.94 bits per heavy atom. The third-order valence-electron chi connectivity index (χ3n) is 3.72. The Labute approximate surface area is 109 Å². The van der Waals surface area contributed by atoms with Crippen LogP contribution in [0.5, 0.6) is 0 Å². The number of para-hydroxylation sites is 1. The largest absolute Gasteiger partial charge is 0.367 e. The fraction of sp³-hybridized carbons (Fsp3) is 0.294. The van der Waals surface area contributed by atoms with Crippen LogP contribution >= 0.6 is 0 Å². The number of allylic oxidation sites excluding steroid dienone is 4. The molecule has 2 aliphatic rings. The molecule has 18 heavy (non-hydrogen) atoms. The molecule has 0 amide bonds. The average molecular weight is 237 g/mol. The Morgan fingerprint density at radius 3 is 2.78 bits per heavy atom. The van der Waals surface area contributed by atoms with E-state index in [9.17, 15) is 0 Å². The van der Waals surface area contributed by atoms with Crippen molar-refractivity contribution < 1.29 is 0 Å². The van der Waals surface area contributed by atoms with E-state index in [-0.39, 0.29) is 0 Å². The molecule has 1 heterocycles. The van der Waals surface area contributed by atoms with Gasteiger partial charge in [0.15, 0.2) is 0 Å². The van der Waals surface area contributed by atoms with Gasteiger partial charge >= 0.3 is 0 Å². The minimum atomic E-state index is 0.546. The fourth-order valence-electron chi connectivity index (χ4n) is 2.73. The molecule has 92 valence electrons. The number of rotatable bonds is 1. The van der Waals surface area contributed by atoms with Crippen LogP contribution in [0.2, 0.25) is 0 Å². The Hall–Kier alpha value is -1.76. The van der Waals surface area contributed by atoms with E-state index in [0.29, 0.717) is 5.92 Å². The predicted molar refractivity (Wildman–Crippen MR) is 77.7 cm³/mol. The topological polar surface area (TPSA) is 3.24 Å². The van der Waals surface area contributed by atoms with E-state index < -0.39 is 0 Å². The molecule has 1 saturated heterocycles. The van der Waals surface area contributed by atoms with E-state index in [1.165, 1.54) is 16.8 Å². The highest BCUT2D eigenvalue weighted by Gasteiger charge is 2.19. The van der Waals surface area contributed by atoms with Gasteiger partial charge in [-0.05, 0) is 35.6 Å². The molecule has 0 saturated carbocycles. The Balaban J connectivity index is 1.85. The highest BCUT2D eigenvalue weighted by atomic mass is 15.1. The lowest BCUT2D eigenvalue weighted by molar-refractivity contribution is 0.759. The first-order valence-corrected chi connectivity index (χ1v) is 6.71. The van der Waals surface area contributed by atoms with Crippen molar-refractivity contribution in [3.63, 3.8) is 0 Å². The third-order valence-corrected chi connectivity index (χ3v) is 3.72. The van der Waals surface area contributed by atoms with Gasteiger partial charge in [-0.3, -0.25) is 0 Å². The van der Waals surface area contributed by atoms with Crippen molar-refractivity contribution in [2.24, 2.45) is 5.92 Å². The van der Waals surface area contributed by atoms with Crippen LogP contribution in [0.1, 0.15) is 13.3 Å². The summed E-state index contributed by atoms with van der Waals surface area (Å²) in [5, 5.41) is 0. The first-order chi connectivity index (χ1) is 8.83. The molecule has 1 aliphatic heterocycles. The number of nitrogens with zero attached hydrogens (tertiary/aromatic N) is 1. The van der Waals surface area contributed by atoms with Crippen LogP contribution in [0, 0.1) is 5.92 Å². The fourth-order valence-corrected chi connectivity index (χ4v) is 2.73. The lowest BCUT2D eigenvalue weighted by Gasteiger charge is -2.32. The number of benzene rings is 1. The van der Waals surface area contributed by atoms with Crippen molar-refractivity contribution in [1.29, 1.82) is 0 Å². The van der Waals surface area contributed by atoms with Crippen LogP contribution in [0.4, 0.5) is 5.69 Å². The molecule has 0 N–H and O–H groups in total. The van der Waals surface area contributed by atoms with Crippen LogP contribution in [-0.4, -0.2) is 13.1 Å². The van der Waals surface area contributed by atoms with E-state index in [1.807, 2.05) is 0 Å². The van der Waals surface area contributed by atoms with Crippen LogP contribution in [0.3, 0.4) is 0 Å². The second kappa shape index (κ2) is 4.85. The lowest BCUT2D eigenvalue weighted by Crippen LogP contribution is -2.32. The molecule has 1 aromatic rings. The average Bonchev–Trinajstić information content (AvgIpc) is 2.59. The molecule has 1 heteroatoms. The monoisotopic (exact) mass is 237 g/mol. The summed E-state index contributed by atoms with van der Waals surface area (Å²) >= 11 is 0. The Morgan fingerprint density at radius 1 is 1.11 bits per heavy atom. The number of hydrogen-bond donors (Lipinski definition) is 0. The second-order valence-corrected chi connectivity index (χ2v) is 5.13. The zero-order valence-corrected chi connectivity index (χ0v) is 10.8. The molecule has 0 bridgehead atoms. The summed E-state index contributed by atoms with van der Waals surface area (Å²) in [4.78, 5) is 2.47. The molecule has 1 aliphatic carbocycles. The van der Waals surface area contributed by atoms with Crippen LogP contribution in [0.25, 0.3) is 0 Å². The van der Waals surface area contributed by atoms with Crippen molar-refractivity contribution in [2.75, 3.05) is 18.0 Å². The van der Waals surface area contributed by atoms with Gasteiger partial charge in [0.25, 0.3) is 0 Å². The van der Waals surface area contributed by atoms with Gasteiger partial charge in [0, 0.05) is 18.8 Å². The maximum atomic E-state index is 2.47. The van der Waals surface area contributed by atoms with Gasteiger partial charge in [-0.15, -0.1) is 0 Å². The molecule has 1 fully saturated rings. The van der Waals surface area contributed by atoms with Gasteiger partial charge in [0.05, 0.1) is 0 Å². The quantitative estimate of drug-likeness (QED) is 0.714. The van der Waals surface area contributed by atoms with Gasteiger partial charge in [-0.2, -0.15) is 0 Å². The second-order valence-electron chi connectivity index (χ2n) is 5.13. The van der Waals surface area contributed by atoms with Crippen molar-refractivity contribution in [2.45, 2.75) is 13.3 Å². The summed E-state index contributed by atoms with van der Waals surface area (Å²) in [5.74, 6) is 0.546. The Bertz CT molecular complexity index is 508. The van der Waals surface area contributed by atoms with Gasteiger partial charge in [0.1, 0.15) is 0 Å². The van der Waals surface area contributed by atoms with E-state index in [1.54, 1.807) is 0 Å². The van der Waals surface area contributed by atoms with Gasteiger partial charge < -0.3 is 4.90 Å². The van der Waals surface area contributed by atoms with Crippen molar-refractivity contribution in [3.8, 4) is 0 Å². The number of piperidine rings is 1. The smallest absolute Gasteiger partial charge is 0.0429 e. The lowest BCUT2D eigenvalue weighted by atomic mass is 9.95. The van der Waals surface area contributed by atoms with Crippen molar-refractivity contribution >= 4 is 5.69 Å². The Kier molecular flexibility index (Phi) is 3.06. The highest BCUT2D eigenvalue weighted by molar-refractivity contribution is 5.53. The molecule has 1 atom stereocenters. The summed E-state index contributed by atoms with van der Waals surface area (Å²) < 4.78 is 0. The number of anilines is 1. The van der Waals surface area contributed by atoms with Crippen molar-refractivity contribution in [1.82, 2.24) is 0 Å². The van der Waals surface area contributed by atoms with Gasteiger partial charge in [0.2, 0.25) is 0 Å². The van der Waals surface area contributed by atoms with E-state index in [2.05, 4.69) is 66.5 Å².